The van der Waals surface area contributed by atoms with Crippen molar-refractivity contribution in [1.82, 2.24) is 15.6 Å². The number of hydrogen-bond donors (Lipinski definition) is 3. The molecule has 26 heavy (non-hydrogen) atoms. The van der Waals surface area contributed by atoms with Gasteiger partial charge < -0.3 is 25.1 Å². The van der Waals surface area contributed by atoms with Crippen molar-refractivity contribution < 1.29 is 19.1 Å². The van der Waals surface area contributed by atoms with Crippen molar-refractivity contribution in [2.24, 2.45) is 0 Å². The van der Waals surface area contributed by atoms with Gasteiger partial charge in [0.25, 0.3) is 5.56 Å². The molecule has 0 fully saturated rings. The summed E-state index contributed by atoms with van der Waals surface area (Å²) in [6.45, 7) is 3.46. The summed E-state index contributed by atoms with van der Waals surface area (Å²) < 4.78 is 10.3. The molecule has 1 aliphatic rings. The highest BCUT2D eigenvalue weighted by Gasteiger charge is 2.33. The minimum atomic E-state index is -0.915. The van der Waals surface area contributed by atoms with Crippen LogP contribution in [0.2, 0.25) is 0 Å². The quantitative estimate of drug-likeness (QED) is 0.722. The second-order valence-electron chi connectivity index (χ2n) is 5.77. The number of ether oxygens (including phenoxy) is 2. The number of nitrogens with one attached hydrogen (secondary N) is 3. The van der Waals surface area contributed by atoms with Crippen LogP contribution in [0.15, 0.2) is 40.3 Å². The van der Waals surface area contributed by atoms with Gasteiger partial charge in [-0.1, -0.05) is 12.1 Å². The number of aromatic nitrogens is 1. The van der Waals surface area contributed by atoms with E-state index in [0.717, 1.165) is 0 Å². The number of aromatic amines is 1. The fraction of sp³-hybridized carbons (Fsp3) is 0.278. The van der Waals surface area contributed by atoms with Gasteiger partial charge in [0.15, 0.2) is 0 Å². The second kappa shape index (κ2) is 6.91. The van der Waals surface area contributed by atoms with Crippen molar-refractivity contribution in [3.8, 4) is 5.75 Å². The Morgan fingerprint density at radius 3 is 2.73 bits per heavy atom. The Bertz CT molecular complexity index is 976. The lowest BCUT2D eigenvalue weighted by molar-refractivity contribution is -0.139. The highest BCUT2D eigenvalue weighted by Crippen LogP contribution is 2.29. The van der Waals surface area contributed by atoms with E-state index in [1.807, 2.05) is 0 Å². The zero-order chi connectivity index (χ0) is 18.8. The number of hydrogen-bond acceptors (Lipinski definition) is 5. The fourth-order valence-corrected chi connectivity index (χ4v) is 3.01. The molecule has 2 aromatic rings. The van der Waals surface area contributed by atoms with Gasteiger partial charge in [-0.2, -0.15) is 0 Å². The van der Waals surface area contributed by atoms with E-state index in [-0.39, 0.29) is 17.7 Å². The van der Waals surface area contributed by atoms with Gasteiger partial charge in [0, 0.05) is 16.6 Å². The van der Waals surface area contributed by atoms with E-state index in [4.69, 9.17) is 9.47 Å². The molecule has 2 amide bonds. The summed E-state index contributed by atoms with van der Waals surface area (Å²) in [4.78, 5) is 39.7. The highest BCUT2D eigenvalue weighted by molar-refractivity contribution is 5.95. The molecule has 8 nitrogen and oxygen atoms in total. The van der Waals surface area contributed by atoms with Gasteiger partial charge in [-0.3, -0.25) is 4.79 Å². The second-order valence-corrected chi connectivity index (χ2v) is 5.77. The molecule has 1 aromatic carbocycles. The van der Waals surface area contributed by atoms with Crippen molar-refractivity contribution in [3.05, 3.63) is 51.5 Å². The van der Waals surface area contributed by atoms with Crippen LogP contribution < -0.4 is 20.9 Å². The number of carbonyl (C=O) groups excluding carboxylic acids is 2. The first-order valence-electron chi connectivity index (χ1n) is 8.11. The van der Waals surface area contributed by atoms with E-state index in [0.29, 0.717) is 22.3 Å². The number of pyridine rings is 1. The van der Waals surface area contributed by atoms with E-state index in [1.165, 1.54) is 7.11 Å². The lowest BCUT2D eigenvalue weighted by Gasteiger charge is -2.27. The SMILES string of the molecule is CCOC(=O)C1=C(C)NC(=O)NC1c1cc2cccc(OC)c2[nH]c1=O. The maximum atomic E-state index is 12.7. The van der Waals surface area contributed by atoms with Crippen LogP contribution in [0.5, 0.6) is 5.75 Å². The van der Waals surface area contributed by atoms with Gasteiger partial charge in [-0.15, -0.1) is 0 Å². The number of amides is 2. The van der Waals surface area contributed by atoms with Gasteiger partial charge in [-0.05, 0) is 26.0 Å². The molecule has 1 aromatic heterocycles. The van der Waals surface area contributed by atoms with E-state index < -0.39 is 23.6 Å². The molecule has 1 atom stereocenters. The Morgan fingerprint density at radius 2 is 2.04 bits per heavy atom. The van der Waals surface area contributed by atoms with E-state index in [2.05, 4.69) is 15.6 Å². The molecule has 1 aliphatic heterocycles. The number of urea groups is 1. The van der Waals surface area contributed by atoms with Crippen LogP contribution in [0.3, 0.4) is 0 Å². The number of carbonyl (C=O) groups is 2. The predicted octanol–water partition coefficient (Wildman–Crippen LogP) is 1.73. The molecule has 8 heteroatoms. The zero-order valence-corrected chi connectivity index (χ0v) is 14.6. The maximum absolute atomic E-state index is 12.7. The molecule has 1 unspecified atom stereocenters. The van der Waals surface area contributed by atoms with Crippen molar-refractivity contribution in [2.45, 2.75) is 19.9 Å². The number of fused-ring (bicyclic) bond motifs is 1. The van der Waals surface area contributed by atoms with Crippen LogP contribution in [0.1, 0.15) is 25.5 Å². The molecule has 0 aliphatic carbocycles. The highest BCUT2D eigenvalue weighted by atomic mass is 16.5. The van der Waals surface area contributed by atoms with E-state index in [9.17, 15) is 14.4 Å². The lowest BCUT2D eigenvalue weighted by Crippen LogP contribution is -2.46. The third-order valence-electron chi connectivity index (χ3n) is 4.17. The minimum absolute atomic E-state index is 0.182. The lowest BCUT2D eigenvalue weighted by atomic mass is 9.95. The summed E-state index contributed by atoms with van der Waals surface area (Å²) >= 11 is 0. The first kappa shape index (κ1) is 17.5. The Morgan fingerprint density at radius 1 is 1.27 bits per heavy atom. The van der Waals surface area contributed by atoms with E-state index in [1.54, 1.807) is 38.1 Å². The molecular weight excluding hydrogens is 338 g/mol. The molecule has 136 valence electrons. The van der Waals surface area contributed by atoms with Gasteiger partial charge >= 0.3 is 12.0 Å². The standard InChI is InChI=1S/C18H19N3O5/c1-4-26-17(23)13-9(2)19-18(24)21-15(13)11-8-10-6-5-7-12(25-3)14(10)20-16(11)22/h5-8,15H,4H2,1-3H3,(H,20,22)(H2,19,21,24). The predicted molar refractivity (Wildman–Crippen MR) is 94.9 cm³/mol. The monoisotopic (exact) mass is 357 g/mol. The molecule has 0 spiro atoms. The molecule has 3 rings (SSSR count). The van der Waals surface area contributed by atoms with Crippen LogP contribution >= 0.6 is 0 Å². The van der Waals surface area contributed by atoms with Gasteiger partial charge in [0.2, 0.25) is 0 Å². The summed E-state index contributed by atoms with van der Waals surface area (Å²) in [6, 6.07) is 5.56. The maximum Gasteiger partial charge on any atom is 0.338 e. The number of para-hydroxylation sites is 1. The van der Waals surface area contributed by atoms with Crippen molar-refractivity contribution >= 4 is 22.9 Å². The zero-order valence-electron chi connectivity index (χ0n) is 14.6. The number of methoxy groups -OCH3 is 1. The van der Waals surface area contributed by atoms with Crippen LogP contribution in [0.4, 0.5) is 4.79 Å². The summed E-state index contributed by atoms with van der Waals surface area (Å²) in [5.74, 6) is -0.0644. The average molecular weight is 357 g/mol. The summed E-state index contributed by atoms with van der Waals surface area (Å²) in [6.07, 6.45) is 0. The number of H-pyrrole nitrogens is 1. The first-order chi connectivity index (χ1) is 12.5. The topological polar surface area (TPSA) is 110 Å². The number of esters is 1. The van der Waals surface area contributed by atoms with Crippen molar-refractivity contribution in [2.75, 3.05) is 13.7 Å². The fourth-order valence-electron chi connectivity index (χ4n) is 3.01. The smallest absolute Gasteiger partial charge is 0.338 e. The Labute approximate surface area is 149 Å². The number of rotatable bonds is 4. The largest absolute Gasteiger partial charge is 0.495 e. The first-order valence-corrected chi connectivity index (χ1v) is 8.11. The van der Waals surface area contributed by atoms with Gasteiger partial charge in [0.05, 0.1) is 30.8 Å². The summed E-state index contributed by atoms with van der Waals surface area (Å²) in [5, 5.41) is 5.88. The Hall–Kier alpha value is -3.29. The summed E-state index contributed by atoms with van der Waals surface area (Å²) in [5.41, 5.74) is 0.899. The van der Waals surface area contributed by atoms with Gasteiger partial charge in [-0.25, -0.2) is 9.59 Å². The van der Waals surface area contributed by atoms with E-state index >= 15 is 0 Å². The Balaban J connectivity index is 2.18. The third-order valence-corrected chi connectivity index (χ3v) is 4.17. The molecule has 0 saturated carbocycles. The molecule has 0 radical (unpaired) electrons. The minimum Gasteiger partial charge on any atom is -0.495 e. The summed E-state index contributed by atoms with van der Waals surface area (Å²) in [7, 11) is 1.51. The number of allylic oxidation sites excluding steroid dienone is 1. The molecular formula is C18H19N3O5. The van der Waals surface area contributed by atoms with Crippen LogP contribution in [-0.4, -0.2) is 30.7 Å². The van der Waals surface area contributed by atoms with Crippen molar-refractivity contribution in [3.63, 3.8) is 0 Å². The Kier molecular flexibility index (Phi) is 4.66. The number of benzene rings is 1. The third kappa shape index (κ3) is 3.01. The van der Waals surface area contributed by atoms with Crippen LogP contribution in [0, 0.1) is 0 Å². The molecule has 0 saturated heterocycles. The molecule has 2 heterocycles. The molecule has 3 N–H and O–H groups in total. The average Bonchev–Trinajstić information content (AvgIpc) is 2.60. The normalized spacial score (nSPS) is 16.9. The van der Waals surface area contributed by atoms with Crippen LogP contribution in [0.25, 0.3) is 10.9 Å². The molecule has 0 bridgehead atoms. The van der Waals surface area contributed by atoms with Crippen molar-refractivity contribution in [1.29, 1.82) is 0 Å². The van der Waals surface area contributed by atoms with Crippen LogP contribution in [-0.2, 0) is 9.53 Å². The van der Waals surface area contributed by atoms with Gasteiger partial charge in [0.1, 0.15) is 5.75 Å².